The van der Waals surface area contributed by atoms with Crippen molar-refractivity contribution in [3.8, 4) is 16.9 Å². The topological polar surface area (TPSA) is 60.7 Å². The van der Waals surface area contributed by atoms with Crippen LogP contribution in [0, 0.1) is 6.92 Å². The van der Waals surface area contributed by atoms with Crippen molar-refractivity contribution in [3.63, 3.8) is 0 Å². The maximum absolute atomic E-state index is 13.2. The first kappa shape index (κ1) is 20.4. The summed E-state index contributed by atoms with van der Waals surface area (Å²) in [6.07, 6.45) is 5.20. The van der Waals surface area contributed by atoms with Crippen LogP contribution in [0.5, 0.6) is 0 Å². The van der Waals surface area contributed by atoms with Crippen molar-refractivity contribution in [1.82, 2.24) is 19.7 Å². The van der Waals surface area contributed by atoms with Gasteiger partial charge in [-0.25, -0.2) is 14.6 Å². The van der Waals surface area contributed by atoms with Crippen molar-refractivity contribution < 1.29 is 4.79 Å². The summed E-state index contributed by atoms with van der Waals surface area (Å²) in [5.41, 5.74) is 5.34. The van der Waals surface area contributed by atoms with Gasteiger partial charge in [0.25, 0.3) is 0 Å². The van der Waals surface area contributed by atoms with Crippen molar-refractivity contribution in [2.45, 2.75) is 20.3 Å². The van der Waals surface area contributed by atoms with E-state index in [1.54, 1.807) is 0 Å². The van der Waals surface area contributed by atoms with Crippen molar-refractivity contribution in [3.05, 3.63) is 93.1 Å². The van der Waals surface area contributed by atoms with Crippen LogP contribution in [0.2, 0.25) is 5.02 Å². The fraction of sp³-hybridized carbons (Fsp3) is 0.130. The molecule has 2 aromatic carbocycles. The first-order valence-corrected chi connectivity index (χ1v) is 10.6. The van der Waals surface area contributed by atoms with E-state index in [9.17, 15) is 4.79 Å². The molecule has 30 heavy (non-hydrogen) atoms. The zero-order chi connectivity index (χ0) is 21.3. The van der Waals surface area contributed by atoms with Crippen LogP contribution in [0.1, 0.15) is 34.1 Å². The number of carbonyl (C=O) groups is 1. The second kappa shape index (κ2) is 8.50. The third-order valence-corrected chi connectivity index (χ3v) is 5.69. The third-order valence-electron chi connectivity index (χ3n) is 4.93. The number of ketones is 1. The van der Waals surface area contributed by atoms with Gasteiger partial charge in [-0.3, -0.25) is 4.79 Å². The fourth-order valence-electron chi connectivity index (χ4n) is 3.43. The molecule has 5 nitrogen and oxygen atoms in total. The molecule has 2 aromatic heterocycles. The molecule has 0 aliphatic carbocycles. The molecule has 0 spiro atoms. The Morgan fingerprint density at radius 1 is 1.10 bits per heavy atom. The van der Waals surface area contributed by atoms with E-state index < -0.39 is 0 Å². The molecule has 0 atom stereocenters. The average molecular weight is 482 g/mol. The molecule has 0 amide bonds. The molecule has 0 aliphatic heterocycles. The predicted octanol–water partition coefficient (Wildman–Crippen LogP) is 5.85. The Bertz CT molecular complexity index is 1220. The van der Waals surface area contributed by atoms with Crippen LogP contribution in [-0.2, 0) is 6.42 Å². The van der Waals surface area contributed by atoms with Crippen molar-refractivity contribution in [2.24, 2.45) is 0 Å². The Kier molecular flexibility index (Phi) is 5.79. The number of hydrogen-bond donors (Lipinski definition) is 0. The number of rotatable bonds is 5. The first-order chi connectivity index (χ1) is 14.5. The number of carbonyl (C=O) groups excluding carboxylic acids is 1. The van der Waals surface area contributed by atoms with E-state index in [1.807, 2.05) is 54.1 Å². The van der Waals surface area contributed by atoms with E-state index in [1.165, 1.54) is 18.7 Å². The van der Waals surface area contributed by atoms with Gasteiger partial charge >= 0.3 is 0 Å². The molecule has 0 N–H and O–H groups in total. The van der Waals surface area contributed by atoms with Crippen LogP contribution >= 0.6 is 27.5 Å². The van der Waals surface area contributed by atoms with Crippen molar-refractivity contribution in [1.29, 1.82) is 0 Å². The number of halogens is 2. The van der Waals surface area contributed by atoms with Gasteiger partial charge in [-0.05, 0) is 49.2 Å². The summed E-state index contributed by atoms with van der Waals surface area (Å²) < 4.78 is 2.82. The van der Waals surface area contributed by atoms with Crippen molar-refractivity contribution in [2.75, 3.05) is 0 Å². The van der Waals surface area contributed by atoms with E-state index in [-0.39, 0.29) is 5.78 Å². The maximum Gasteiger partial charge on any atom is 0.216 e. The zero-order valence-electron chi connectivity index (χ0n) is 16.4. The molecule has 0 fully saturated rings. The van der Waals surface area contributed by atoms with Gasteiger partial charge in [0.2, 0.25) is 5.78 Å². The largest absolute Gasteiger partial charge is 0.287 e. The summed E-state index contributed by atoms with van der Waals surface area (Å²) >= 11 is 9.71. The lowest BCUT2D eigenvalue weighted by atomic mass is 10.0. The summed E-state index contributed by atoms with van der Waals surface area (Å²) in [6, 6.07) is 13.7. The van der Waals surface area contributed by atoms with Gasteiger partial charge < -0.3 is 0 Å². The van der Waals surface area contributed by atoms with Gasteiger partial charge in [0.1, 0.15) is 12.0 Å². The summed E-state index contributed by atoms with van der Waals surface area (Å²) in [5.74, 6) is -0.211. The van der Waals surface area contributed by atoms with Crippen LogP contribution in [0.25, 0.3) is 16.9 Å². The number of benzene rings is 2. The third kappa shape index (κ3) is 3.80. The lowest BCUT2D eigenvalue weighted by molar-refractivity contribution is 0.103. The highest BCUT2D eigenvalue weighted by atomic mass is 79.9. The number of hydrogen-bond acceptors (Lipinski definition) is 4. The van der Waals surface area contributed by atoms with Crippen molar-refractivity contribution >= 4 is 33.3 Å². The first-order valence-electron chi connectivity index (χ1n) is 9.43. The highest BCUT2D eigenvalue weighted by molar-refractivity contribution is 9.10. The Hall–Kier alpha value is -2.83. The molecule has 2 heterocycles. The molecule has 0 radical (unpaired) electrons. The van der Waals surface area contributed by atoms with Crippen LogP contribution in [-0.4, -0.2) is 25.5 Å². The van der Waals surface area contributed by atoms with Gasteiger partial charge in [0.05, 0.1) is 16.9 Å². The highest BCUT2D eigenvalue weighted by Gasteiger charge is 2.24. The van der Waals surface area contributed by atoms with Gasteiger partial charge in [-0.15, -0.1) is 0 Å². The van der Waals surface area contributed by atoms with Gasteiger partial charge in [-0.2, -0.15) is 5.10 Å². The van der Waals surface area contributed by atoms with Crippen LogP contribution in [0.3, 0.4) is 0 Å². The molecule has 0 unspecified atom stereocenters. The summed E-state index contributed by atoms with van der Waals surface area (Å²) in [4.78, 5) is 21.1. The monoisotopic (exact) mass is 480 g/mol. The minimum absolute atomic E-state index is 0.211. The molecule has 4 aromatic rings. The van der Waals surface area contributed by atoms with Gasteiger partial charge in [0, 0.05) is 33.0 Å². The summed E-state index contributed by atoms with van der Waals surface area (Å²) in [5, 5.41) is 5.42. The Morgan fingerprint density at radius 2 is 1.80 bits per heavy atom. The lowest BCUT2D eigenvalue weighted by Crippen LogP contribution is -2.07. The van der Waals surface area contributed by atoms with E-state index in [2.05, 4.69) is 32.8 Å². The Balaban J connectivity index is 1.97. The molecular weight excluding hydrogens is 464 g/mol. The molecular formula is C23H18BrClN4O. The molecule has 0 saturated heterocycles. The average Bonchev–Trinajstić information content (AvgIpc) is 3.11. The lowest BCUT2D eigenvalue weighted by Gasteiger charge is -2.13. The predicted molar refractivity (Wildman–Crippen MR) is 121 cm³/mol. The Labute approximate surface area is 187 Å². The normalized spacial score (nSPS) is 10.9. The Morgan fingerprint density at radius 3 is 2.47 bits per heavy atom. The van der Waals surface area contributed by atoms with Crippen LogP contribution < -0.4 is 0 Å². The number of aromatic nitrogens is 4. The molecule has 7 heteroatoms. The van der Waals surface area contributed by atoms with Crippen LogP contribution in [0.4, 0.5) is 0 Å². The second-order valence-electron chi connectivity index (χ2n) is 6.82. The minimum atomic E-state index is -0.211. The zero-order valence-corrected chi connectivity index (χ0v) is 18.8. The van der Waals surface area contributed by atoms with E-state index in [0.29, 0.717) is 16.3 Å². The molecule has 0 saturated carbocycles. The van der Waals surface area contributed by atoms with Crippen LogP contribution in [0.15, 0.2) is 65.7 Å². The SMILES string of the molecule is CCc1cc(Cl)ccc1-n1nc(C(=O)c2cncnc2)c(C)c1-c1ccc(Br)cc1. The van der Waals surface area contributed by atoms with E-state index in [0.717, 1.165) is 39.0 Å². The molecule has 0 bridgehead atoms. The standard InChI is InChI=1S/C23H18BrClN4O/c1-3-15-10-19(25)8-9-20(15)29-22(16-4-6-18(24)7-5-16)14(2)21(28-29)23(30)17-11-26-13-27-12-17/h4-13H,3H2,1-2H3. The number of aryl methyl sites for hydroxylation is 1. The molecule has 150 valence electrons. The number of nitrogens with zero attached hydrogens (tertiary/aromatic N) is 4. The van der Waals surface area contributed by atoms with E-state index in [4.69, 9.17) is 16.7 Å². The maximum atomic E-state index is 13.2. The second-order valence-corrected chi connectivity index (χ2v) is 8.18. The molecule has 0 aliphatic rings. The van der Waals surface area contributed by atoms with E-state index >= 15 is 0 Å². The summed E-state index contributed by atoms with van der Waals surface area (Å²) in [6.45, 7) is 3.98. The smallest absolute Gasteiger partial charge is 0.216 e. The quantitative estimate of drug-likeness (QED) is 0.336. The molecule has 4 rings (SSSR count). The highest BCUT2D eigenvalue weighted by Crippen LogP contribution is 2.32. The summed E-state index contributed by atoms with van der Waals surface area (Å²) in [7, 11) is 0. The van der Waals surface area contributed by atoms with Gasteiger partial charge in [-0.1, -0.05) is 46.6 Å². The van der Waals surface area contributed by atoms with Gasteiger partial charge in [0.15, 0.2) is 0 Å². The minimum Gasteiger partial charge on any atom is -0.287 e. The fourth-order valence-corrected chi connectivity index (χ4v) is 3.89.